The third-order valence-corrected chi connectivity index (χ3v) is 6.02. The maximum absolute atomic E-state index is 13.4. The van der Waals surface area contributed by atoms with E-state index in [4.69, 9.17) is 0 Å². The van der Waals surface area contributed by atoms with Crippen molar-refractivity contribution < 1.29 is 19.2 Å². The molecule has 1 fully saturated rings. The fourth-order valence-corrected chi connectivity index (χ4v) is 4.34. The molecule has 2 atom stereocenters. The van der Waals surface area contributed by atoms with E-state index in [9.17, 15) is 19.2 Å². The lowest BCUT2D eigenvalue weighted by atomic mass is 10.0. The number of piperidine rings is 1. The zero-order chi connectivity index (χ0) is 22.8. The highest BCUT2D eigenvalue weighted by Gasteiger charge is 2.43. The average molecular weight is 431 g/mol. The number of aryl methyl sites for hydroxylation is 1. The molecule has 2 heterocycles. The van der Waals surface area contributed by atoms with Gasteiger partial charge in [-0.25, -0.2) is 0 Å². The predicted octanol–water partition coefficient (Wildman–Crippen LogP) is 2.90. The monoisotopic (exact) mass is 431 g/mol. The summed E-state index contributed by atoms with van der Waals surface area (Å²) in [4.78, 5) is 49.6. The molecule has 2 unspecified atom stereocenters. The second-order valence-corrected chi connectivity index (χ2v) is 8.17. The van der Waals surface area contributed by atoms with E-state index in [0.717, 1.165) is 23.0 Å². The van der Waals surface area contributed by atoms with Gasteiger partial charge in [-0.05, 0) is 30.5 Å². The molecule has 2 N–H and O–H groups in total. The highest BCUT2D eigenvalue weighted by atomic mass is 16.2. The van der Waals surface area contributed by atoms with E-state index >= 15 is 0 Å². The van der Waals surface area contributed by atoms with Crippen LogP contribution in [0.4, 0.5) is 5.69 Å². The number of nitrogens with zero attached hydrogens (tertiary/aromatic N) is 1. The first-order valence-electron chi connectivity index (χ1n) is 10.6. The molecule has 164 valence electrons. The van der Waals surface area contributed by atoms with Gasteiger partial charge in [0.2, 0.25) is 11.8 Å². The van der Waals surface area contributed by atoms with E-state index in [1.54, 1.807) is 0 Å². The van der Waals surface area contributed by atoms with Gasteiger partial charge in [0.15, 0.2) is 0 Å². The Kier molecular flexibility index (Phi) is 5.90. The van der Waals surface area contributed by atoms with Crippen molar-refractivity contribution in [3.8, 4) is 0 Å². The summed E-state index contributed by atoms with van der Waals surface area (Å²) in [5.41, 5.74) is 4.27. The minimum Gasteiger partial charge on any atom is -0.380 e. The van der Waals surface area contributed by atoms with Crippen molar-refractivity contribution in [1.82, 2.24) is 10.2 Å². The van der Waals surface area contributed by atoms with Gasteiger partial charge in [0.1, 0.15) is 12.3 Å². The van der Waals surface area contributed by atoms with E-state index in [1.165, 1.54) is 4.90 Å². The molecule has 32 heavy (non-hydrogen) atoms. The van der Waals surface area contributed by atoms with Crippen LogP contribution in [0.2, 0.25) is 0 Å². The Labute approximate surface area is 186 Å². The zero-order valence-corrected chi connectivity index (χ0v) is 17.9. The number of nitrogens with one attached hydrogen (secondary N) is 2. The number of anilines is 1. The van der Waals surface area contributed by atoms with Crippen molar-refractivity contribution >= 4 is 35.4 Å². The average Bonchev–Trinajstić information content (AvgIpc) is 2.90. The molecule has 3 amide bonds. The highest BCUT2D eigenvalue weighted by Crippen LogP contribution is 2.40. The van der Waals surface area contributed by atoms with Gasteiger partial charge in [-0.15, -0.1) is 0 Å². The number of amides is 3. The number of allylic oxidation sites excluding steroid dienone is 4. The lowest BCUT2D eigenvalue weighted by molar-refractivity contribution is -0.136. The Bertz CT molecular complexity index is 1110. The normalized spacial score (nSPS) is 22.4. The van der Waals surface area contributed by atoms with Crippen LogP contribution in [0, 0.1) is 12.8 Å². The van der Waals surface area contributed by atoms with Gasteiger partial charge in [0, 0.05) is 42.3 Å². The summed E-state index contributed by atoms with van der Waals surface area (Å²) in [6.45, 7) is 6.49. The Morgan fingerprint density at radius 1 is 1.22 bits per heavy atom. The third-order valence-electron chi connectivity index (χ3n) is 6.02. The highest BCUT2D eigenvalue weighted by molar-refractivity contribution is 6.15. The molecule has 1 aromatic rings. The molecule has 0 aromatic heterocycles. The van der Waals surface area contributed by atoms with Gasteiger partial charge < -0.3 is 10.1 Å². The molecule has 1 saturated heterocycles. The van der Waals surface area contributed by atoms with Gasteiger partial charge in [-0.1, -0.05) is 43.0 Å². The minimum absolute atomic E-state index is 0.0804. The van der Waals surface area contributed by atoms with Gasteiger partial charge in [0.25, 0.3) is 5.91 Å². The quantitative estimate of drug-likeness (QED) is 0.533. The second kappa shape index (κ2) is 8.78. The number of imide groups is 1. The zero-order valence-electron chi connectivity index (χ0n) is 17.9. The molecule has 0 radical (unpaired) electrons. The van der Waals surface area contributed by atoms with Crippen molar-refractivity contribution in [2.24, 2.45) is 5.92 Å². The molecule has 0 bridgehead atoms. The lowest BCUT2D eigenvalue weighted by Crippen LogP contribution is -2.52. The van der Waals surface area contributed by atoms with Crippen LogP contribution >= 0.6 is 0 Å². The number of fused-ring (bicyclic) bond motifs is 1. The summed E-state index contributed by atoms with van der Waals surface area (Å²) in [6, 6.07) is 3.03. The Morgan fingerprint density at radius 3 is 2.78 bits per heavy atom. The van der Waals surface area contributed by atoms with E-state index < -0.39 is 11.9 Å². The number of carbonyl (C=O) groups is 4. The SMILES string of the molecule is C=C1c2c(C)ccc(NCC3=CC=CC(CC=O)C=C3)c2C(=O)N1C1CCC(=O)NC1=O. The molecule has 2 aliphatic heterocycles. The number of carbonyl (C=O) groups excluding carboxylic acids is 4. The molecule has 1 aromatic carbocycles. The van der Waals surface area contributed by atoms with Gasteiger partial charge in [-0.3, -0.25) is 24.6 Å². The van der Waals surface area contributed by atoms with Crippen LogP contribution < -0.4 is 10.6 Å². The Balaban J connectivity index is 1.57. The molecule has 1 aliphatic carbocycles. The summed E-state index contributed by atoms with van der Waals surface area (Å²) in [5.74, 6) is -1.01. The standard InChI is InChI=1S/C25H25N3O4/c1-15-6-9-19(26-14-18-5-3-4-17(7-8-18)12-13-29)23-22(15)16(2)28(25(23)32)20-10-11-21(30)27-24(20)31/h3-9,13,17,20,26H,2,10-12,14H2,1H3,(H,27,30,31). The van der Waals surface area contributed by atoms with Gasteiger partial charge >= 0.3 is 0 Å². The molecule has 0 saturated carbocycles. The first-order valence-corrected chi connectivity index (χ1v) is 10.6. The number of hydrogen-bond donors (Lipinski definition) is 2. The van der Waals surface area contributed by atoms with Crippen LogP contribution in [0.1, 0.15) is 40.7 Å². The summed E-state index contributed by atoms with van der Waals surface area (Å²) < 4.78 is 0. The number of hydrogen-bond acceptors (Lipinski definition) is 5. The van der Waals surface area contributed by atoms with Crippen molar-refractivity contribution in [1.29, 1.82) is 0 Å². The minimum atomic E-state index is -0.750. The van der Waals surface area contributed by atoms with Crippen LogP contribution in [0.15, 0.2) is 54.7 Å². The molecular formula is C25H25N3O4. The smallest absolute Gasteiger partial charge is 0.261 e. The molecule has 7 heteroatoms. The topological polar surface area (TPSA) is 95.6 Å². The summed E-state index contributed by atoms with van der Waals surface area (Å²) in [6.07, 6.45) is 11.7. The molecule has 7 nitrogen and oxygen atoms in total. The van der Waals surface area contributed by atoms with E-state index in [2.05, 4.69) is 17.2 Å². The first kappa shape index (κ1) is 21.5. The number of benzene rings is 1. The fraction of sp³-hybridized carbons (Fsp3) is 0.280. The van der Waals surface area contributed by atoms with Crippen molar-refractivity contribution in [2.45, 2.75) is 32.2 Å². The van der Waals surface area contributed by atoms with Crippen LogP contribution in [0.3, 0.4) is 0 Å². The van der Waals surface area contributed by atoms with Crippen LogP contribution in [0.5, 0.6) is 0 Å². The summed E-state index contributed by atoms with van der Waals surface area (Å²) in [7, 11) is 0. The summed E-state index contributed by atoms with van der Waals surface area (Å²) in [5, 5.41) is 5.66. The van der Waals surface area contributed by atoms with E-state index in [0.29, 0.717) is 29.9 Å². The summed E-state index contributed by atoms with van der Waals surface area (Å²) >= 11 is 0. The first-order chi connectivity index (χ1) is 15.4. The van der Waals surface area contributed by atoms with Crippen molar-refractivity contribution in [2.75, 3.05) is 11.9 Å². The van der Waals surface area contributed by atoms with Gasteiger partial charge in [-0.2, -0.15) is 0 Å². The fourth-order valence-electron chi connectivity index (χ4n) is 4.34. The third kappa shape index (κ3) is 3.93. The van der Waals surface area contributed by atoms with Crippen LogP contribution in [-0.2, 0) is 14.4 Å². The lowest BCUT2D eigenvalue weighted by Gasteiger charge is -2.30. The molecule has 3 aliphatic rings. The molecule has 4 rings (SSSR count). The number of rotatable bonds is 6. The second-order valence-electron chi connectivity index (χ2n) is 8.17. The van der Waals surface area contributed by atoms with Crippen molar-refractivity contribution in [3.63, 3.8) is 0 Å². The molecular weight excluding hydrogens is 406 g/mol. The van der Waals surface area contributed by atoms with Crippen molar-refractivity contribution in [3.05, 3.63) is 71.4 Å². The largest absolute Gasteiger partial charge is 0.380 e. The number of aldehydes is 1. The maximum atomic E-state index is 13.4. The Hall–Kier alpha value is -3.74. The Morgan fingerprint density at radius 2 is 2.03 bits per heavy atom. The molecule has 0 spiro atoms. The van der Waals surface area contributed by atoms with E-state index in [-0.39, 0.29) is 30.6 Å². The van der Waals surface area contributed by atoms with Crippen LogP contribution in [0.25, 0.3) is 5.70 Å². The van der Waals surface area contributed by atoms with Crippen LogP contribution in [-0.4, -0.2) is 41.5 Å². The maximum Gasteiger partial charge on any atom is 0.261 e. The predicted molar refractivity (Wildman–Crippen MR) is 122 cm³/mol. The van der Waals surface area contributed by atoms with E-state index in [1.807, 2.05) is 49.4 Å². The van der Waals surface area contributed by atoms with Gasteiger partial charge in [0.05, 0.1) is 5.56 Å².